The molecule has 1 aromatic carbocycles. The molecule has 2 heterocycles. The number of benzene rings is 1. The van der Waals surface area contributed by atoms with Gasteiger partial charge in [-0.15, -0.1) is 0 Å². The minimum atomic E-state index is -0.419. The van der Waals surface area contributed by atoms with Crippen molar-refractivity contribution in [1.82, 2.24) is 9.97 Å². The van der Waals surface area contributed by atoms with E-state index >= 15 is 0 Å². The first-order chi connectivity index (χ1) is 7.78. The number of hydrogen-bond acceptors (Lipinski definition) is 2. The van der Waals surface area contributed by atoms with Gasteiger partial charge in [0.1, 0.15) is 11.0 Å². The van der Waals surface area contributed by atoms with Crippen LogP contribution in [0.4, 0.5) is 0 Å². The van der Waals surface area contributed by atoms with Crippen LogP contribution in [0.5, 0.6) is 0 Å². The van der Waals surface area contributed by atoms with E-state index in [2.05, 4.69) is 20.2 Å². The van der Waals surface area contributed by atoms with Gasteiger partial charge in [0.25, 0.3) is 0 Å². The number of rotatable bonds is 1. The van der Waals surface area contributed by atoms with Gasteiger partial charge >= 0.3 is 0 Å². The maximum atomic E-state index is 5.80. The summed E-state index contributed by atoms with van der Waals surface area (Å²) in [6, 6.07) is 8.04. The number of H-pyrrole nitrogens is 1. The second-order valence-electron chi connectivity index (χ2n) is 4.24. The molecule has 3 radical (unpaired) electrons. The lowest BCUT2D eigenvalue weighted by atomic mass is 10.1. The third-order valence-corrected chi connectivity index (χ3v) is 3.67. The van der Waals surface area contributed by atoms with Gasteiger partial charge in [0, 0.05) is 6.61 Å². The molecule has 1 aliphatic rings. The summed E-state index contributed by atoms with van der Waals surface area (Å²) in [5.74, 6) is 0.880. The highest BCUT2D eigenvalue weighted by molar-refractivity contribution is 6.14. The quantitative estimate of drug-likeness (QED) is 0.760. The van der Waals surface area contributed by atoms with Crippen LogP contribution in [0, 0.1) is 0 Å². The minimum Gasteiger partial charge on any atom is -0.372 e. The summed E-state index contributed by atoms with van der Waals surface area (Å²) < 4.78 is 5.80. The monoisotopic (exact) mass is 229 g/mol. The third-order valence-electron chi connectivity index (χ3n) is 3.04. The molecule has 3 nitrogen and oxygen atoms in total. The molecule has 3 rings (SSSR count). The Morgan fingerprint density at radius 1 is 1.31 bits per heavy atom. The Labute approximate surface area is 97.6 Å². The standard InChI is InChI=1S/C12H13N2OSi/c16-12(7-3-4-8-15-12)11-13-9-5-1-2-6-10(9)14-11/h1-2,5-6H,3-4,7-8H2,(H,13,14). The predicted octanol–water partition coefficient (Wildman–Crippen LogP) is 2.08. The van der Waals surface area contributed by atoms with Crippen molar-refractivity contribution in [2.45, 2.75) is 24.5 Å². The first-order valence-electron chi connectivity index (χ1n) is 5.62. The molecule has 1 unspecified atom stereocenters. The van der Waals surface area contributed by atoms with Crippen molar-refractivity contribution in [2.75, 3.05) is 6.61 Å². The summed E-state index contributed by atoms with van der Waals surface area (Å²) in [4.78, 5) is 7.90. The van der Waals surface area contributed by atoms with Gasteiger partial charge in [0.2, 0.25) is 0 Å². The number of para-hydroxylation sites is 2. The zero-order valence-corrected chi connectivity index (χ0v) is 9.99. The van der Waals surface area contributed by atoms with E-state index in [0.717, 1.165) is 36.3 Å². The molecule has 16 heavy (non-hydrogen) atoms. The van der Waals surface area contributed by atoms with Gasteiger partial charge in [-0.3, -0.25) is 0 Å². The average molecular weight is 229 g/mol. The summed E-state index contributed by atoms with van der Waals surface area (Å²) >= 11 is 0. The van der Waals surface area contributed by atoms with Gasteiger partial charge in [-0.25, -0.2) is 4.98 Å². The first-order valence-corrected chi connectivity index (χ1v) is 6.12. The second-order valence-corrected chi connectivity index (χ2v) is 5.04. The highest BCUT2D eigenvalue weighted by Crippen LogP contribution is 2.31. The van der Waals surface area contributed by atoms with Crippen LogP contribution in [-0.4, -0.2) is 26.8 Å². The fourth-order valence-corrected chi connectivity index (χ4v) is 2.52. The molecule has 2 aromatic rings. The zero-order chi connectivity index (χ0) is 11.0. The molecule has 0 bridgehead atoms. The SMILES string of the molecule is [Si]C1(c2nc3ccccc3[nH]2)CCCCO1. The number of nitrogens with one attached hydrogen (secondary N) is 1. The number of ether oxygens (including phenoxy) is 1. The number of aromatic nitrogens is 2. The van der Waals surface area contributed by atoms with Crippen molar-refractivity contribution < 1.29 is 4.74 Å². The molecule has 1 aliphatic heterocycles. The average Bonchev–Trinajstić information content (AvgIpc) is 2.74. The van der Waals surface area contributed by atoms with Gasteiger partial charge in [-0.1, -0.05) is 12.1 Å². The molecular formula is C12H13N2OSi. The highest BCUT2D eigenvalue weighted by Gasteiger charge is 2.32. The van der Waals surface area contributed by atoms with E-state index in [1.54, 1.807) is 0 Å². The van der Waals surface area contributed by atoms with Gasteiger partial charge in [-0.05, 0) is 31.4 Å². The van der Waals surface area contributed by atoms with Crippen LogP contribution in [0.15, 0.2) is 24.3 Å². The molecule has 0 spiro atoms. The number of imidazole rings is 1. The van der Waals surface area contributed by atoms with E-state index in [9.17, 15) is 0 Å². The summed E-state index contributed by atoms with van der Waals surface area (Å²) in [6.07, 6.45) is 3.26. The Kier molecular flexibility index (Phi) is 2.33. The molecule has 1 saturated heterocycles. The van der Waals surface area contributed by atoms with E-state index < -0.39 is 5.22 Å². The van der Waals surface area contributed by atoms with Crippen LogP contribution in [0.2, 0.25) is 0 Å². The highest BCUT2D eigenvalue weighted by atomic mass is 28.1. The van der Waals surface area contributed by atoms with Crippen molar-refractivity contribution >= 4 is 21.3 Å². The summed E-state index contributed by atoms with van der Waals surface area (Å²) in [5.41, 5.74) is 2.05. The fraction of sp³-hybridized carbons (Fsp3) is 0.417. The van der Waals surface area contributed by atoms with Crippen molar-refractivity contribution in [2.24, 2.45) is 0 Å². The molecule has 1 N–H and O–H groups in total. The van der Waals surface area contributed by atoms with Gasteiger partial charge in [0.15, 0.2) is 0 Å². The van der Waals surface area contributed by atoms with E-state index in [-0.39, 0.29) is 0 Å². The van der Waals surface area contributed by atoms with E-state index in [1.807, 2.05) is 24.3 Å². The maximum absolute atomic E-state index is 5.80. The number of nitrogens with zero attached hydrogens (tertiary/aromatic N) is 1. The molecule has 0 amide bonds. The topological polar surface area (TPSA) is 37.9 Å². The number of fused-ring (bicyclic) bond motifs is 1. The lowest BCUT2D eigenvalue weighted by Gasteiger charge is -2.31. The number of aromatic amines is 1. The van der Waals surface area contributed by atoms with Gasteiger partial charge in [0.05, 0.1) is 21.3 Å². The lowest BCUT2D eigenvalue weighted by molar-refractivity contribution is -0.0260. The van der Waals surface area contributed by atoms with Crippen LogP contribution in [-0.2, 0) is 9.96 Å². The van der Waals surface area contributed by atoms with Crippen molar-refractivity contribution in [3.63, 3.8) is 0 Å². The number of hydrogen-bond donors (Lipinski definition) is 1. The zero-order valence-electron chi connectivity index (χ0n) is 8.99. The molecule has 81 valence electrons. The molecule has 1 fully saturated rings. The van der Waals surface area contributed by atoms with Crippen molar-refractivity contribution in [3.8, 4) is 0 Å². The fourth-order valence-electron chi connectivity index (χ4n) is 2.13. The largest absolute Gasteiger partial charge is 0.372 e. The van der Waals surface area contributed by atoms with E-state index in [1.165, 1.54) is 6.42 Å². The van der Waals surface area contributed by atoms with Gasteiger partial charge in [-0.2, -0.15) is 0 Å². The summed E-state index contributed by atoms with van der Waals surface area (Å²) in [5, 5.41) is -0.419. The predicted molar refractivity (Wildman–Crippen MR) is 63.3 cm³/mol. The lowest BCUT2D eigenvalue weighted by Crippen LogP contribution is -2.35. The Bertz CT molecular complexity index is 469. The van der Waals surface area contributed by atoms with E-state index in [4.69, 9.17) is 4.74 Å². The molecule has 1 atom stereocenters. The van der Waals surface area contributed by atoms with Crippen molar-refractivity contribution in [3.05, 3.63) is 30.1 Å². The van der Waals surface area contributed by atoms with E-state index in [0.29, 0.717) is 0 Å². The Balaban J connectivity index is 2.04. The smallest absolute Gasteiger partial charge is 0.135 e. The summed E-state index contributed by atoms with van der Waals surface area (Å²) in [6.45, 7) is 0.792. The van der Waals surface area contributed by atoms with Crippen molar-refractivity contribution in [1.29, 1.82) is 0 Å². The Morgan fingerprint density at radius 2 is 2.19 bits per heavy atom. The van der Waals surface area contributed by atoms with Crippen LogP contribution in [0.1, 0.15) is 25.1 Å². The second kappa shape index (κ2) is 3.71. The Hall–Kier alpha value is -1.13. The van der Waals surface area contributed by atoms with Gasteiger partial charge < -0.3 is 9.72 Å². The third kappa shape index (κ3) is 1.58. The maximum Gasteiger partial charge on any atom is 0.135 e. The molecule has 0 aliphatic carbocycles. The first kappa shape index (κ1) is 10.0. The molecule has 0 saturated carbocycles. The van der Waals surface area contributed by atoms with Crippen LogP contribution in [0.25, 0.3) is 11.0 Å². The normalized spacial score (nSPS) is 26.1. The Morgan fingerprint density at radius 3 is 2.94 bits per heavy atom. The minimum absolute atomic E-state index is 0.419. The summed E-state index contributed by atoms with van der Waals surface area (Å²) in [7, 11) is 3.72. The molecule has 1 aromatic heterocycles. The van der Waals surface area contributed by atoms with Crippen LogP contribution < -0.4 is 0 Å². The van der Waals surface area contributed by atoms with Crippen LogP contribution in [0.3, 0.4) is 0 Å². The molecule has 4 heteroatoms. The van der Waals surface area contributed by atoms with Crippen LogP contribution >= 0.6 is 0 Å². The molecular weight excluding hydrogens is 216 g/mol.